The molecular weight excluding hydrogens is 446 g/mol. The molecule has 3 aromatic rings. The maximum absolute atomic E-state index is 13.0. The van der Waals surface area contributed by atoms with Gasteiger partial charge in [0, 0.05) is 21.7 Å². The van der Waals surface area contributed by atoms with Gasteiger partial charge in [0.25, 0.3) is 5.91 Å². The van der Waals surface area contributed by atoms with Crippen molar-refractivity contribution < 1.29 is 14.0 Å². The van der Waals surface area contributed by atoms with Crippen LogP contribution in [0.25, 0.3) is 10.1 Å². The molecule has 9 heteroatoms. The summed E-state index contributed by atoms with van der Waals surface area (Å²) >= 11 is 19.6. The molecule has 4 nitrogen and oxygen atoms in total. The van der Waals surface area contributed by atoms with E-state index >= 15 is 0 Å². The first-order valence-electron chi connectivity index (χ1n) is 8.15. The van der Waals surface area contributed by atoms with E-state index in [1.807, 2.05) is 0 Å². The average Bonchev–Trinajstić information content (AvgIpc) is 2.96. The zero-order valence-electron chi connectivity index (χ0n) is 14.3. The number of benzene rings is 2. The third-order valence-electron chi connectivity index (χ3n) is 4.16. The van der Waals surface area contributed by atoms with Gasteiger partial charge in [0.2, 0.25) is 5.91 Å². The van der Waals surface area contributed by atoms with Crippen LogP contribution in [0.5, 0.6) is 0 Å². The van der Waals surface area contributed by atoms with Gasteiger partial charge in [-0.3, -0.25) is 9.59 Å². The van der Waals surface area contributed by atoms with Crippen LogP contribution < -0.4 is 11.1 Å². The topological polar surface area (TPSA) is 72.2 Å². The zero-order valence-corrected chi connectivity index (χ0v) is 17.4. The summed E-state index contributed by atoms with van der Waals surface area (Å²) in [5.74, 6) is -2.03. The van der Waals surface area contributed by atoms with E-state index in [1.54, 1.807) is 24.3 Å². The van der Waals surface area contributed by atoms with Crippen LogP contribution in [0.1, 0.15) is 15.2 Å². The summed E-state index contributed by atoms with van der Waals surface area (Å²) in [4.78, 5) is 24.6. The molecule has 1 atom stereocenters. The van der Waals surface area contributed by atoms with Crippen molar-refractivity contribution in [1.82, 2.24) is 5.32 Å². The van der Waals surface area contributed by atoms with Gasteiger partial charge in [0.1, 0.15) is 10.7 Å². The van der Waals surface area contributed by atoms with Crippen LogP contribution >= 0.6 is 46.1 Å². The minimum Gasteiger partial charge on any atom is -0.369 e. The number of thiophene rings is 1. The Balaban J connectivity index is 1.75. The number of hydrogen-bond donors (Lipinski definition) is 2. The Hall–Kier alpha value is -1.86. The van der Waals surface area contributed by atoms with E-state index in [2.05, 4.69) is 5.32 Å². The van der Waals surface area contributed by atoms with Crippen LogP contribution in [0.4, 0.5) is 4.39 Å². The number of carbonyl (C=O) groups excluding carboxylic acids is 2. The summed E-state index contributed by atoms with van der Waals surface area (Å²) in [6.45, 7) is 0.0185. The van der Waals surface area contributed by atoms with Gasteiger partial charge in [-0.1, -0.05) is 46.9 Å². The molecule has 3 N–H and O–H groups in total. The van der Waals surface area contributed by atoms with Gasteiger partial charge in [-0.05, 0) is 36.2 Å². The fourth-order valence-electron chi connectivity index (χ4n) is 2.73. The lowest BCUT2D eigenvalue weighted by Gasteiger charge is -2.14. The number of carbonyl (C=O) groups is 2. The highest BCUT2D eigenvalue weighted by Crippen LogP contribution is 2.41. The maximum Gasteiger partial charge on any atom is 0.262 e. The Bertz CT molecular complexity index is 1050. The molecule has 0 aliphatic rings. The molecule has 1 unspecified atom stereocenters. The number of nitrogens with one attached hydrogen (secondary N) is 1. The van der Waals surface area contributed by atoms with Gasteiger partial charge in [0.05, 0.1) is 16.0 Å². The van der Waals surface area contributed by atoms with Crippen LogP contribution in [-0.2, 0) is 11.2 Å². The normalized spacial score (nSPS) is 12.1. The predicted molar refractivity (Wildman–Crippen MR) is 112 cm³/mol. The molecule has 28 heavy (non-hydrogen) atoms. The molecule has 2 aromatic carbocycles. The number of rotatable bonds is 6. The number of amides is 2. The fraction of sp³-hybridized carbons (Fsp3) is 0.158. The molecule has 3 rings (SSSR count). The second-order valence-electron chi connectivity index (χ2n) is 6.15. The van der Waals surface area contributed by atoms with Gasteiger partial charge >= 0.3 is 0 Å². The summed E-state index contributed by atoms with van der Waals surface area (Å²) in [5, 5.41) is 4.27. The van der Waals surface area contributed by atoms with Crippen molar-refractivity contribution in [2.24, 2.45) is 11.7 Å². The molecule has 0 saturated carbocycles. The molecule has 146 valence electrons. The summed E-state index contributed by atoms with van der Waals surface area (Å²) in [7, 11) is 0. The molecule has 0 spiro atoms. The Labute approximate surface area is 179 Å². The molecule has 1 aromatic heterocycles. The van der Waals surface area contributed by atoms with E-state index in [1.165, 1.54) is 12.1 Å². The highest BCUT2D eigenvalue weighted by molar-refractivity contribution is 7.21. The van der Waals surface area contributed by atoms with E-state index in [0.717, 1.165) is 16.9 Å². The molecule has 1 heterocycles. The van der Waals surface area contributed by atoms with Crippen LogP contribution in [0.3, 0.4) is 0 Å². The van der Waals surface area contributed by atoms with Crippen molar-refractivity contribution in [2.45, 2.75) is 6.42 Å². The smallest absolute Gasteiger partial charge is 0.262 e. The van der Waals surface area contributed by atoms with Crippen molar-refractivity contribution >= 4 is 68.0 Å². The van der Waals surface area contributed by atoms with E-state index in [0.29, 0.717) is 20.1 Å². The highest BCUT2D eigenvalue weighted by Gasteiger charge is 2.22. The second kappa shape index (κ2) is 8.66. The average molecular weight is 460 g/mol. The highest BCUT2D eigenvalue weighted by atomic mass is 35.5. The van der Waals surface area contributed by atoms with Crippen molar-refractivity contribution in [3.8, 4) is 0 Å². The van der Waals surface area contributed by atoms with Crippen LogP contribution in [0, 0.1) is 11.7 Å². The maximum atomic E-state index is 13.0. The fourth-order valence-corrected chi connectivity index (χ4v) is 5.03. The Morgan fingerprint density at radius 3 is 2.46 bits per heavy atom. The number of primary amides is 1. The first kappa shape index (κ1) is 20.9. The lowest BCUT2D eigenvalue weighted by Crippen LogP contribution is -2.37. The molecule has 0 radical (unpaired) electrons. The van der Waals surface area contributed by atoms with Gasteiger partial charge < -0.3 is 11.1 Å². The number of halogens is 4. The summed E-state index contributed by atoms with van der Waals surface area (Å²) < 4.78 is 13.7. The molecule has 2 amide bonds. The molecule has 0 aliphatic carbocycles. The number of nitrogens with two attached hydrogens (primary N) is 1. The van der Waals surface area contributed by atoms with Gasteiger partial charge in [0.15, 0.2) is 0 Å². The minimum absolute atomic E-state index is 0.0185. The zero-order chi connectivity index (χ0) is 20.4. The van der Waals surface area contributed by atoms with E-state index in [9.17, 15) is 14.0 Å². The summed E-state index contributed by atoms with van der Waals surface area (Å²) in [5.41, 5.74) is 6.18. The molecule has 0 aliphatic heterocycles. The standard InChI is InChI=1S/C19H14Cl3FN2O2S/c20-11-6-13(21)15-14(7-11)28-17(16(15)22)19(27)25-8-10(18(24)26)5-9-1-3-12(23)4-2-9/h1-4,6-7,10H,5,8H2,(H2,24,26)(H,25,27). The Morgan fingerprint density at radius 2 is 1.82 bits per heavy atom. The van der Waals surface area contributed by atoms with E-state index < -0.39 is 17.7 Å². The lowest BCUT2D eigenvalue weighted by atomic mass is 9.98. The van der Waals surface area contributed by atoms with Gasteiger partial charge in [-0.15, -0.1) is 11.3 Å². The number of hydrogen-bond acceptors (Lipinski definition) is 3. The second-order valence-corrected chi connectivity index (χ2v) is 8.42. The van der Waals surface area contributed by atoms with Crippen LogP contribution in [-0.4, -0.2) is 18.4 Å². The molecular formula is C19H14Cl3FN2O2S. The van der Waals surface area contributed by atoms with Crippen molar-refractivity contribution in [3.05, 3.63) is 67.7 Å². The summed E-state index contributed by atoms with van der Waals surface area (Å²) in [6, 6.07) is 8.98. The molecule has 0 fully saturated rings. The molecule has 0 bridgehead atoms. The third kappa shape index (κ3) is 4.58. The lowest BCUT2D eigenvalue weighted by molar-refractivity contribution is -0.121. The third-order valence-corrected chi connectivity index (χ3v) is 6.30. The van der Waals surface area contributed by atoms with Crippen LogP contribution in [0.15, 0.2) is 36.4 Å². The Morgan fingerprint density at radius 1 is 1.14 bits per heavy atom. The monoisotopic (exact) mass is 458 g/mol. The molecule has 0 saturated heterocycles. The van der Waals surface area contributed by atoms with E-state index in [4.69, 9.17) is 40.5 Å². The van der Waals surface area contributed by atoms with Gasteiger partial charge in [-0.25, -0.2) is 4.39 Å². The predicted octanol–water partition coefficient (Wildman–Crippen LogP) is 5.07. The van der Waals surface area contributed by atoms with Crippen molar-refractivity contribution in [1.29, 1.82) is 0 Å². The van der Waals surface area contributed by atoms with Crippen molar-refractivity contribution in [3.63, 3.8) is 0 Å². The van der Waals surface area contributed by atoms with Crippen LogP contribution in [0.2, 0.25) is 15.1 Å². The largest absolute Gasteiger partial charge is 0.369 e. The van der Waals surface area contributed by atoms with Crippen molar-refractivity contribution in [2.75, 3.05) is 6.54 Å². The summed E-state index contributed by atoms with van der Waals surface area (Å²) in [6.07, 6.45) is 0.275. The first-order chi connectivity index (χ1) is 13.3. The van der Waals surface area contributed by atoms with Gasteiger partial charge in [-0.2, -0.15) is 0 Å². The SMILES string of the molecule is NC(=O)C(CNC(=O)c1sc2cc(Cl)cc(Cl)c2c1Cl)Cc1ccc(F)cc1. The quantitative estimate of drug-likeness (QED) is 0.540. The van der Waals surface area contributed by atoms with E-state index in [-0.39, 0.29) is 28.7 Å². The first-order valence-corrected chi connectivity index (χ1v) is 10.1. The minimum atomic E-state index is -0.652. The number of fused-ring (bicyclic) bond motifs is 1. The Kier molecular flexibility index (Phi) is 6.45.